The first-order chi connectivity index (χ1) is 10.0. The van der Waals surface area contributed by atoms with Crippen molar-refractivity contribution >= 4 is 40.2 Å². The molecule has 3 aromatic rings. The number of nitrogens with zero attached hydrogens (tertiary/aromatic N) is 1. The van der Waals surface area contributed by atoms with Gasteiger partial charge in [0.25, 0.3) is 0 Å². The number of hydrogen-bond acceptors (Lipinski definition) is 3. The Hall–Kier alpha value is -1.62. The van der Waals surface area contributed by atoms with Crippen molar-refractivity contribution in [2.75, 3.05) is 5.73 Å². The fourth-order valence-corrected chi connectivity index (χ4v) is 3.22. The summed E-state index contributed by atoms with van der Waals surface area (Å²) in [5, 5.41) is 2.98. The van der Waals surface area contributed by atoms with Crippen molar-refractivity contribution in [2.24, 2.45) is 0 Å². The topological polar surface area (TPSA) is 38.9 Å². The Morgan fingerprint density at radius 2 is 1.90 bits per heavy atom. The van der Waals surface area contributed by atoms with E-state index in [4.69, 9.17) is 28.9 Å². The van der Waals surface area contributed by atoms with Crippen molar-refractivity contribution < 1.29 is 4.39 Å². The lowest BCUT2D eigenvalue weighted by Gasteiger charge is -2.03. The Bertz CT molecular complexity index is 817. The van der Waals surface area contributed by atoms with E-state index in [1.54, 1.807) is 0 Å². The number of nitrogen functional groups attached to an aromatic ring is 1. The lowest BCUT2D eigenvalue weighted by atomic mass is 10.1. The molecule has 0 aliphatic carbocycles. The summed E-state index contributed by atoms with van der Waals surface area (Å²) in [5.74, 6) is -0.519. The fourth-order valence-electron chi connectivity index (χ4n) is 1.92. The van der Waals surface area contributed by atoms with Crippen molar-refractivity contribution in [3.05, 3.63) is 57.6 Å². The van der Waals surface area contributed by atoms with Gasteiger partial charge in [0, 0.05) is 22.2 Å². The first kappa shape index (κ1) is 14.3. The smallest absolute Gasteiger partial charge is 0.142 e. The molecule has 0 aliphatic heterocycles. The largest absolute Gasteiger partial charge is 0.399 e. The Morgan fingerprint density at radius 3 is 2.67 bits per heavy atom. The molecule has 6 heteroatoms. The van der Waals surface area contributed by atoms with E-state index in [1.165, 1.54) is 23.5 Å². The van der Waals surface area contributed by atoms with Gasteiger partial charge in [-0.05, 0) is 24.3 Å². The fraction of sp³-hybridized carbons (Fsp3) is 0. The van der Waals surface area contributed by atoms with Crippen LogP contribution in [0.4, 0.5) is 10.1 Å². The molecule has 0 spiro atoms. The second-order valence-corrected chi connectivity index (χ2v) is 6.08. The average Bonchev–Trinajstić information content (AvgIpc) is 2.92. The van der Waals surface area contributed by atoms with Crippen molar-refractivity contribution in [3.8, 4) is 21.8 Å². The van der Waals surface area contributed by atoms with Crippen molar-refractivity contribution in [2.45, 2.75) is 0 Å². The number of anilines is 1. The van der Waals surface area contributed by atoms with Crippen LogP contribution in [0.15, 0.2) is 41.8 Å². The van der Waals surface area contributed by atoms with E-state index < -0.39 is 5.82 Å². The Kier molecular flexibility index (Phi) is 3.85. The molecule has 0 aliphatic rings. The molecule has 2 N–H and O–H groups in total. The first-order valence-corrected chi connectivity index (χ1v) is 7.64. The molecule has 21 heavy (non-hydrogen) atoms. The zero-order chi connectivity index (χ0) is 15.0. The second-order valence-electron chi connectivity index (χ2n) is 4.41. The minimum atomic E-state index is -0.519. The maximum atomic E-state index is 13.6. The summed E-state index contributed by atoms with van der Waals surface area (Å²) in [7, 11) is 0. The van der Waals surface area contributed by atoms with Crippen LogP contribution in [0.3, 0.4) is 0 Å². The molecule has 1 heterocycles. The van der Waals surface area contributed by atoms with Crippen LogP contribution in [0.1, 0.15) is 0 Å². The van der Waals surface area contributed by atoms with E-state index in [-0.39, 0.29) is 5.02 Å². The minimum absolute atomic E-state index is 0.00460. The van der Waals surface area contributed by atoms with Gasteiger partial charge >= 0.3 is 0 Å². The third kappa shape index (κ3) is 2.88. The highest BCUT2D eigenvalue weighted by Gasteiger charge is 2.13. The van der Waals surface area contributed by atoms with Crippen LogP contribution in [0.25, 0.3) is 21.8 Å². The first-order valence-electron chi connectivity index (χ1n) is 6.01. The molecule has 0 saturated heterocycles. The molecule has 0 radical (unpaired) electrons. The summed E-state index contributed by atoms with van der Waals surface area (Å²) in [5.41, 5.74) is 8.47. The van der Waals surface area contributed by atoms with Gasteiger partial charge in [0.15, 0.2) is 0 Å². The van der Waals surface area contributed by atoms with Crippen molar-refractivity contribution in [1.29, 1.82) is 0 Å². The summed E-state index contributed by atoms with van der Waals surface area (Å²) in [6.45, 7) is 0. The normalized spacial score (nSPS) is 10.8. The molecule has 0 unspecified atom stereocenters. The highest BCUT2D eigenvalue weighted by atomic mass is 35.5. The zero-order valence-electron chi connectivity index (χ0n) is 10.6. The van der Waals surface area contributed by atoms with Crippen LogP contribution in [-0.2, 0) is 0 Å². The molecular weight excluding hydrogens is 330 g/mol. The van der Waals surface area contributed by atoms with E-state index in [1.807, 2.05) is 29.6 Å². The molecule has 0 atom stereocenters. The molecule has 2 aromatic carbocycles. The van der Waals surface area contributed by atoms with Gasteiger partial charge in [-0.25, -0.2) is 9.37 Å². The molecule has 0 saturated carbocycles. The predicted octanol–water partition coefficient (Wildman–Crippen LogP) is 5.51. The average molecular weight is 339 g/mol. The van der Waals surface area contributed by atoms with E-state index in [2.05, 4.69) is 4.98 Å². The lowest BCUT2D eigenvalue weighted by Crippen LogP contribution is -1.86. The van der Waals surface area contributed by atoms with Gasteiger partial charge in [0.1, 0.15) is 10.8 Å². The van der Waals surface area contributed by atoms with Crippen molar-refractivity contribution in [3.63, 3.8) is 0 Å². The summed E-state index contributed by atoms with van der Waals surface area (Å²) < 4.78 is 13.6. The van der Waals surface area contributed by atoms with Crippen LogP contribution >= 0.6 is 34.5 Å². The number of benzene rings is 2. The third-order valence-electron chi connectivity index (χ3n) is 2.92. The highest BCUT2D eigenvalue weighted by Crippen LogP contribution is 2.35. The number of hydrogen-bond donors (Lipinski definition) is 1. The zero-order valence-corrected chi connectivity index (χ0v) is 12.9. The van der Waals surface area contributed by atoms with Gasteiger partial charge in [-0.1, -0.05) is 35.3 Å². The molecule has 2 nitrogen and oxygen atoms in total. The predicted molar refractivity (Wildman–Crippen MR) is 87.4 cm³/mol. The van der Waals surface area contributed by atoms with Crippen LogP contribution < -0.4 is 5.73 Å². The number of thiazole rings is 1. The molecule has 106 valence electrons. The second kappa shape index (κ2) is 5.64. The summed E-state index contributed by atoms with van der Waals surface area (Å²) in [4.78, 5) is 4.49. The van der Waals surface area contributed by atoms with Gasteiger partial charge in [-0.15, -0.1) is 11.3 Å². The van der Waals surface area contributed by atoms with Crippen LogP contribution in [-0.4, -0.2) is 4.98 Å². The molecular formula is C15H9Cl2FN2S. The van der Waals surface area contributed by atoms with Gasteiger partial charge < -0.3 is 5.73 Å². The molecule has 0 bridgehead atoms. The molecule has 0 amide bonds. The van der Waals surface area contributed by atoms with E-state index in [9.17, 15) is 4.39 Å². The Morgan fingerprint density at radius 1 is 1.10 bits per heavy atom. The van der Waals surface area contributed by atoms with Gasteiger partial charge in [-0.3, -0.25) is 0 Å². The molecule has 3 rings (SSSR count). The third-order valence-corrected chi connectivity index (χ3v) is 4.42. The molecule has 1 aromatic heterocycles. The number of nitrogens with two attached hydrogens (primary N) is 1. The quantitative estimate of drug-likeness (QED) is 0.494. The monoisotopic (exact) mass is 338 g/mol. The minimum Gasteiger partial charge on any atom is -0.399 e. The summed E-state index contributed by atoms with van der Waals surface area (Å²) in [6, 6.07) is 10.1. The van der Waals surface area contributed by atoms with E-state index in [0.717, 1.165) is 10.6 Å². The highest BCUT2D eigenvalue weighted by molar-refractivity contribution is 7.13. The van der Waals surface area contributed by atoms with E-state index >= 15 is 0 Å². The number of rotatable bonds is 2. The standard InChI is InChI=1S/C15H9Cl2FN2S/c16-11-6-12(17)13(18)5-10(11)14-7-21-15(20-14)8-2-1-3-9(19)4-8/h1-7H,19H2. The lowest BCUT2D eigenvalue weighted by molar-refractivity contribution is 0.629. The van der Waals surface area contributed by atoms with Crippen LogP contribution in [0.2, 0.25) is 10.0 Å². The van der Waals surface area contributed by atoms with Crippen LogP contribution in [0.5, 0.6) is 0 Å². The van der Waals surface area contributed by atoms with Crippen LogP contribution in [0, 0.1) is 5.82 Å². The maximum absolute atomic E-state index is 13.6. The Balaban J connectivity index is 2.05. The SMILES string of the molecule is Nc1cccc(-c2nc(-c3cc(F)c(Cl)cc3Cl)cs2)c1. The maximum Gasteiger partial charge on any atom is 0.142 e. The summed E-state index contributed by atoms with van der Waals surface area (Å²) in [6.07, 6.45) is 0. The molecule has 0 fully saturated rings. The Labute approximate surface area is 135 Å². The van der Waals surface area contributed by atoms with Crippen molar-refractivity contribution in [1.82, 2.24) is 4.98 Å². The van der Waals surface area contributed by atoms with E-state index in [0.29, 0.717) is 22.0 Å². The number of halogens is 3. The number of aromatic nitrogens is 1. The summed E-state index contributed by atoms with van der Waals surface area (Å²) >= 11 is 13.3. The van der Waals surface area contributed by atoms with Gasteiger partial charge in [0.05, 0.1) is 15.7 Å². The van der Waals surface area contributed by atoms with Gasteiger partial charge in [-0.2, -0.15) is 0 Å². The van der Waals surface area contributed by atoms with Gasteiger partial charge in [0.2, 0.25) is 0 Å².